The van der Waals surface area contributed by atoms with Crippen molar-refractivity contribution >= 4 is 11.4 Å². The molecule has 0 bridgehead atoms. The van der Waals surface area contributed by atoms with E-state index < -0.39 is 4.92 Å². The fourth-order valence-electron chi connectivity index (χ4n) is 1.23. The summed E-state index contributed by atoms with van der Waals surface area (Å²) >= 11 is 0. The molecule has 1 unspecified atom stereocenters. The van der Waals surface area contributed by atoms with Gasteiger partial charge in [0.1, 0.15) is 0 Å². The quantitative estimate of drug-likeness (QED) is 0.468. The Morgan fingerprint density at radius 1 is 1.60 bits per heavy atom. The Bertz CT molecular complexity index is 388. The summed E-state index contributed by atoms with van der Waals surface area (Å²) in [5.74, 6) is 0. The lowest BCUT2D eigenvalue weighted by atomic mass is 10.1. The SMILES string of the molecule is C=CC(C)Nc1ccc([N+](=O)[O-])cc1C. The molecule has 4 nitrogen and oxygen atoms in total. The van der Waals surface area contributed by atoms with Crippen LogP contribution in [0.25, 0.3) is 0 Å². The Morgan fingerprint density at radius 2 is 2.27 bits per heavy atom. The molecule has 1 aromatic carbocycles. The van der Waals surface area contributed by atoms with Crippen LogP contribution in [0.2, 0.25) is 0 Å². The molecule has 1 aromatic rings. The van der Waals surface area contributed by atoms with Gasteiger partial charge in [-0.3, -0.25) is 10.1 Å². The monoisotopic (exact) mass is 206 g/mol. The summed E-state index contributed by atoms with van der Waals surface area (Å²) in [5.41, 5.74) is 1.87. The molecule has 0 saturated carbocycles. The first-order valence-electron chi connectivity index (χ1n) is 4.68. The molecule has 0 saturated heterocycles. The van der Waals surface area contributed by atoms with E-state index >= 15 is 0 Å². The van der Waals surface area contributed by atoms with Gasteiger partial charge in [0.25, 0.3) is 5.69 Å². The molecule has 4 heteroatoms. The van der Waals surface area contributed by atoms with Crippen molar-refractivity contribution in [2.24, 2.45) is 0 Å². The lowest BCUT2D eigenvalue weighted by molar-refractivity contribution is -0.384. The molecular weight excluding hydrogens is 192 g/mol. The van der Waals surface area contributed by atoms with Crippen LogP contribution in [0, 0.1) is 17.0 Å². The fourth-order valence-corrected chi connectivity index (χ4v) is 1.23. The van der Waals surface area contributed by atoms with Gasteiger partial charge in [0.15, 0.2) is 0 Å². The topological polar surface area (TPSA) is 55.2 Å². The van der Waals surface area contributed by atoms with Crippen LogP contribution < -0.4 is 5.32 Å². The summed E-state index contributed by atoms with van der Waals surface area (Å²) < 4.78 is 0. The van der Waals surface area contributed by atoms with Gasteiger partial charge in [0.05, 0.1) is 4.92 Å². The number of nitro benzene ring substituents is 1. The highest BCUT2D eigenvalue weighted by atomic mass is 16.6. The van der Waals surface area contributed by atoms with E-state index in [2.05, 4.69) is 11.9 Å². The fraction of sp³-hybridized carbons (Fsp3) is 0.273. The molecule has 1 N–H and O–H groups in total. The smallest absolute Gasteiger partial charge is 0.269 e. The second-order valence-corrected chi connectivity index (χ2v) is 3.43. The number of benzene rings is 1. The highest BCUT2D eigenvalue weighted by molar-refractivity contribution is 5.56. The summed E-state index contributed by atoms with van der Waals surface area (Å²) in [6.07, 6.45) is 1.78. The van der Waals surface area contributed by atoms with Crippen molar-refractivity contribution in [1.29, 1.82) is 0 Å². The number of non-ortho nitro benzene ring substituents is 1. The molecule has 0 aliphatic heterocycles. The zero-order valence-electron chi connectivity index (χ0n) is 8.86. The first kappa shape index (κ1) is 11.2. The number of nitrogens with one attached hydrogen (secondary N) is 1. The first-order chi connectivity index (χ1) is 7.04. The molecule has 0 aliphatic carbocycles. The number of nitrogens with zero attached hydrogens (tertiary/aromatic N) is 1. The van der Waals surface area contributed by atoms with Crippen molar-refractivity contribution in [2.75, 3.05) is 5.32 Å². The Kier molecular flexibility index (Phi) is 3.44. The third-order valence-corrected chi connectivity index (χ3v) is 2.16. The minimum Gasteiger partial charge on any atom is -0.379 e. The lowest BCUT2D eigenvalue weighted by Gasteiger charge is -2.12. The predicted molar refractivity (Wildman–Crippen MR) is 61.1 cm³/mol. The molecule has 0 fully saturated rings. The van der Waals surface area contributed by atoms with Crippen LogP contribution >= 0.6 is 0 Å². The molecule has 0 radical (unpaired) electrons. The zero-order valence-corrected chi connectivity index (χ0v) is 8.86. The van der Waals surface area contributed by atoms with Gasteiger partial charge in [-0.2, -0.15) is 0 Å². The number of hydrogen-bond donors (Lipinski definition) is 1. The average molecular weight is 206 g/mol. The zero-order chi connectivity index (χ0) is 11.4. The normalized spacial score (nSPS) is 11.9. The average Bonchev–Trinajstić information content (AvgIpc) is 2.20. The van der Waals surface area contributed by atoms with Gasteiger partial charge in [-0.25, -0.2) is 0 Å². The molecule has 0 spiro atoms. The second kappa shape index (κ2) is 4.59. The molecule has 0 aliphatic rings. The maximum absolute atomic E-state index is 10.5. The van der Waals surface area contributed by atoms with E-state index in [1.165, 1.54) is 6.07 Å². The molecule has 1 atom stereocenters. The van der Waals surface area contributed by atoms with E-state index in [1.807, 2.05) is 13.8 Å². The van der Waals surface area contributed by atoms with E-state index in [0.29, 0.717) is 0 Å². The molecule has 0 amide bonds. The highest BCUT2D eigenvalue weighted by Crippen LogP contribution is 2.21. The molecular formula is C11H14N2O2. The number of anilines is 1. The summed E-state index contributed by atoms with van der Waals surface area (Å²) in [7, 11) is 0. The van der Waals surface area contributed by atoms with Gasteiger partial charge in [-0.15, -0.1) is 6.58 Å². The molecule has 15 heavy (non-hydrogen) atoms. The van der Waals surface area contributed by atoms with Crippen molar-refractivity contribution in [3.63, 3.8) is 0 Å². The number of aryl methyl sites for hydroxylation is 1. The summed E-state index contributed by atoms with van der Waals surface area (Å²) in [4.78, 5) is 10.1. The van der Waals surface area contributed by atoms with E-state index in [4.69, 9.17) is 0 Å². The Morgan fingerprint density at radius 3 is 2.73 bits per heavy atom. The third-order valence-electron chi connectivity index (χ3n) is 2.16. The first-order valence-corrected chi connectivity index (χ1v) is 4.68. The lowest BCUT2D eigenvalue weighted by Crippen LogP contribution is -2.12. The number of hydrogen-bond acceptors (Lipinski definition) is 3. The van der Waals surface area contributed by atoms with Gasteiger partial charge >= 0.3 is 0 Å². The van der Waals surface area contributed by atoms with E-state index in [-0.39, 0.29) is 11.7 Å². The number of nitro groups is 1. The summed E-state index contributed by atoms with van der Waals surface area (Å²) in [6.45, 7) is 7.47. The summed E-state index contributed by atoms with van der Waals surface area (Å²) in [6, 6.07) is 4.90. The second-order valence-electron chi connectivity index (χ2n) is 3.43. The molecule has 0 aromatic heterocycles. The number of rotatable bonds is 4. The Balaban J connectivity index is 2.93. The van der Waals surface area contributed by atoms with Crippen molar-refractivity contribution < 1.29 is 4.92 Å². The van der Waals surface area contributed by atoms with Crippen molar-refractivity contribution in [3.8, 4) is 0 Å². The van der Waals surface area contributed by atoms with Crippen LogP contribution in [0.4, 0.5) is 11.4 Å². The van der Waals surface area contributed by atoms with Crippen LogP contribution in [-0.2, 0) is 0 Å². The van der Waals surface area contributed by atoms with Crippen LogP contribution in [0.5, 0.6) is 0 Å². The van der Waals surface area contributed by atoms with Crippen molar-refractivity contribution in [3.05, 3.63) is 46.5 Å². The van der Waals surface area contributed by atoms with Gasteiger partial charge < -0.3 is 5.32 Å². The van der Waals surface area contributed by atoms with Crippen molar-refractivity contribution in [2.45, 2.75) is 19.9 Å². The Hall–Kier alpha value is -1.84. The van der Waals surface area contributed by atoms with Gasteiger partial charge in [0, 0.05) is 23.9 Å². The van der Waals surface area contributed by atoms with Crippen LogP contribution in [-0.4, -0.2) is 11.0 Å². The maximum atomic E-state index is 10.5. The van der Waals surface area contributed by atoms with Crippen LogP contribution in [0.15, 0.2) is 30.9 Å². The van der Waals surface area contributed by atoms with E-state index in [1.54, 1.807) is 18.2 Å². The predicted octanol–water partition coefficient (Wildman–Crippen LogP) is 2.89. The van der Waals surface area contributed by atoms with Gasteiger partial charge in [0.2, 0.25) is 0 Å². The maximum Gasteiger partial charge on any atom is 0.269 e. The minimum atomic E-state index is -0.395. The Labute approximate surface area is 88.8 Å². The van der Waals surface area contributed by atoms with Crippen LogP contribution in [0.1, 0.15) is 12.5 Å². The summed E-state index contributed by atoms with van der Waals surface area (Å²) in [5, 5.41) is 13.7. The highest BCUT2D eigenvalue weighted by Gasteiger charge is 2.08. The van der Waals surface area contributed by atoms with Crippen LogP contribution in [0.3, 0.4) is 0 Å². The minimum absolute atomic E-state index is 0.115. The van der Waals surface area contributed by atoms with Gasteiger partial charge in [-0.1, -0.05) is 6.08 Å². The molecule has 80 valence electrons. The standard InChI is InChI=1S/C11H14N2O2/c1-4-9(3)12-11-6-5-10(13(14)15)7-8(11)2/h4-7,9,12H,1H2,2-3H3. The third kappa shape index (κ3) is 2.80. The van der Waals surface area contributed by atoms with E-state index in [0.717, 1.165) is 11.3 Å². The van der Waals surface area contributed by atoms with Gasteiger partial charge in [-0.05, 0) is 25.5 Å². The molecule has 1 rings (SSSR count). The van der Waals surface area contributed by atoms with Crippen molar-refractivity contribution in [1.82, 2.24) is 0 Å². The van der Waals surface area contributed by atoms with E-state index in [9.17, 15) is 10.1 Å². The molecule has 0 heterocycles. The largest absolute Gasteiger partial charge is 0.379 e.